The molecule has 0 amide bonds. The van der Waals surface area contributed by atoms with Crippen LogP contribution in [-0.2, 0) is 26.1 Å². The fourth-order valence-electron chi connectivity index (χ4n) is 4.92. The van der Waals surface area contributed by atoms with Crippen LogP contribution in [0, 0.1) is 0 Å². The number of anilines is 1. The molecular formula is C30H26ClKN2O8S3. The Balaban J connectivity index is 0.00000200. The Hall–Kier alpha value is -2.52. The van der Waals surface area contributed by atoms with E-state index < -0.39 is 31.1 Å². The molecule has 0 atom stereocenters. The molecule has 0 unspecified atom stereocenters. The maximum absolute atomic E-state index is 12.4. The van der Waals surface area contributed by atoms with Gasteiger partial charge in [0.15, 0.2) is 20.9 Å². The molecule has 230 valence electrons. The van der Waals surface area contributed by atoms with E-state index in [1.54, 1.807) is 42.5 Å². The zero-order chi connectivity index (χ0) is 31.4. The zero-order valence-corrected chi connectivity index (χ0v) is 30.1. The first-order valence-corrected chi connectivity index (χ1v) is 17.1. The molecule has 1 aliphatic heterocycles. The molecule has 0 spiro atoms. The maximum atomic E-state index is 12.4. The van der Waals surface area contributed by atoms with Gasteiger partial charge in [0, 0.05) is 44.4 Å². The largest absolute Gasteiger partial charge is 1.00 e. The van der Waals surface area contributed by atoms with E-state index >= 15 is 0 Å². The summed E-state index contributed by atoms with van der Waals surface area (Å²) in [5.74, 6) is -0.629. The van der Waals surface area contributed by atoms with Crippen LogP contribution in [0.1, 0.15) is 22.6 Å². The number of allylic oxidation sites excluding steroid dienone is 2. The van der Waals surface area contributed by atoms with E-state index in [1.807, 2.05) is 25.1 Å². The number of rotatable bonds is 7. The minimum Gasteiger partial charge on any atom is -0.743 e. The summed E-state index contributed by atoms with van der Waals surface area (Å²) >= 11 is 7.38. The molecule has 0 bridgehead atoms. The molecule has 0 fully saturated rings. The van der Waals surface area contributed by atoms with Gasteiger partial charge in [-0.15, -0.1) is 0 Å². The molecular weight excluding hydrogens is 687 g/mol. The summed E-state index contributed by atoms with van der Waals surface area (Å²) in [5, 5.41) is 1.51. The molecule has 0 radical (unpaired) electrons. The zero-order valence-electron chi connectivity index (χ0n) is 23.7. The fourth-order valence-corrected chi connectivity index (χ4v) is 7.49. The molecule has 0 saturated carbocycles. The number of thiazole rings is 1. The predicted octanol–water partition coefficient (Wildman–Crippen LogP) is 3.85. The van der Waals surface area contributed by atoms with Gasteiger partial charge in [-0.3, -0.25) is 4.90 Å². The number of ether oxygens (including phenoxy) is 1. The van der Waals surface area contributed by atoms with Crippen molar-refractivity contribution in [1.29, 1.82) is 0 Å². The van der Waals surface area contributed by atoms with Crippen LogP contribution in [0.15, 0.2) is 99.6 Å². The van der Waals surface area contributed by atoms with Crippen molar-refractivity contribution in [3.05, 3.63) is 105 Å². The van der Waals surface area contributed by atoms with Crippen molar-refractivity contribution in [3.8, 4) is 5.75 Å². The van der Waals surface area contributed by atoms with E-state index in [4.69, 9.17) is 20.8 Å². The van der Waals surface area contributed by atoms with E-state index in [9.17, 15) is 25.9 Å². The SMILES string of the molecule is C=C=C=C(N1C(=CC(=Cc2sc3ccc(Cl)cc3[n+]2CS(=O)(=O)[O-])CC)Oc2cc3c(cc21)oc1ccccc13)S(=O)(=O)[O-].[HH].[HH].[HH].[K+]. The third-order valence-electron chi connectivity index (χ3n) is 6.77. The van der Waals surface area contributed by atoms with Gasteiger partial charge in [0.05, 0.1) is 5.69 Å². The summed E-state index contributed by atoms with van der Waals surface area (Å²) in [6, 6.07) is 15.5. The van der Waals surface area contributed by atoms with Crippen molar-refractivity contribution in [2.45, 2.75) is 19.2 Å². The van der Waals surface area contributed by atoms with Crippen molar-refractivity contribution in [3.63, 3.8) is 0 Å². The van der Waals surface area contributed by atoms with E-state index in [2.05, 4.69) is 18.0 Å². The van der Waals surface area contributed by atoms with Crippen LogP contribution in [0.25, 0.3) is 38.2 Å². The molecule has 6 rings (SSSR count). The summed E-state index contributed by atoms with van der Waals surface area (Å²) in [7, 11) is -9.80. The Morgan fingerprint density at radius 3 is 2.56 bits per heavy atom. The summed E-state index contributed by atoms with van der Waals surface area (Å²) < 4.78 is 86.8. The van der Waals surface area contributed by atoms with Gasteiger partial charge in [0.1, 0.15) is 26.0 Å². The van der Waals surface area contributed by atoms with Gasteiger partial charge in [0.2, 0.25) is 17.3 Å². The Kier molecular flexibility index (Phi) is 9.72. The normalized spacial score (nSPS) is 14.4. The van der Waals surface area contributed by atoms with E-state index in [1.165, 1.54) is 22.0 Å². The van der Waals surface area contributed by atoms with Crippen LogP contribution in [0.2, 0.25) is 5.02 Å². The predicted molar refractivity (Wildman–Crippen MR) is 172 cm³/mol. The Labute approximate surface area is 314 Å². The van der Waals surface area contributed by atoms with Crippen molar-refractivity contribution in [2.75, 3.05) is 4.90 Å². The van der Waals surface area contributed by atoms with Crippen LogP contribution in [0.3, 0.4) is 0 Å². The molecule has 15 heteroatoms. The van der Waals surface area contributed by atoms with Gasteiger partial charge in [-0.1, -0.05) is 53.8 Å². The third-order valence-corrected chi connectivity index (χ3v) is 9.46. The number of furan rings is 1. The van der Waals surface area contributed by atoms with Gasteiger partial charge in [-0.05, 0) is 48.6 Å². The van der Waals surface area contributed by atoms with Gasteiger partial charge in [-0.2, -0.15) is 4.57 Å². The van der Waals surface area contributed by atoms with E-state index in [0.29, 0.717) is 48.8 Å². The molecule has 3 aromatic carbocycles. The quantitative estimate of drug-likeness (QED) is 0.106. The number of nitrogens with zero attached hydrogens (tertiary/aromatic N) is 2. The van der Waals surface area contributed by atoms with Crippen LogP contribution < -0.4 is 65.6 Å². The standard InChI is InChI=1S/C30H21ClN2O8S3.K.3H2/c1-3-7-30(44(37,38)39)33-22-16-25-21(20-8-5-6-9-24(20)40-25)15-26(22)41-28(33)12-18(4-2)13-29-32(17-43(34,35)36)23-14-19(31)10-11-27(23)42-29;;;;/h5-6,8-16H,1,4,17H2,2H3,(H-,34,35,36,37,38,39);;3*1H/q;+1;;;/p-1. The first-order chi connectivity index (χ1) is 20.9. The number of aromatic nitrogens is 1. The van der Waals surface area contributed by atoms with Crippen molar-refractivity contribution < 1.29 is 95.3 Å². The number of fused-ring (bicyclic) bond motifs is 5. The second-order valence-electron chi connectivity index (χ2n) is 9.64. The molecule has 2 aromatic heterocycles. The number of hydrogen-bond donors (Lipinski definition) is 0. The Morgan fingerprint density at radius 2 is 1.87 bits per heavy atom. The molecule has 0 saturated heterocycles. The van der Waals surface area contributed by atoms with Gasteiger partial charge >= 0.3 is 51.4 Å². The third kappa shape index (κ3) is 6.80. The Bertz CT molecular complexity index is 2420. The second kappa shape index (κ2) is 12.9. The number of hydrogen-bond acceptors (Lipinski definition) is 10. The number of benzene rings is 3. The fraction of sp³-hybridized carbons (Fsp3) is 0.100. The summed E-state index contributed by atoms with van der Waals surface area (Å²) in [6.45, 7) is 5.20. The van der Waals surface area contributed by atoms with Crippen LogP contribution in [0.5, 0.6) is 5.75 Å². The molecule has 10 nitrogen and oxygen atoms in total. The molecule has 0 N–H and O–H groups in total. The molecule has 3 heterocycles. The first-order valence-electron chi connectivity index (χ1n) is 12.9. The van der Waals surface area contributed by atoms with Crippen LogP contribution in [-0.4, -0.2) is 25.9 Å². The van der Waals surface area contributed by atoms with Crippen LogP contribution >= 0.6 is 22.9 Å². The summed E-state index contributed by atoms with van der Waals surface area (Å²) in [4.78, 5) is 1.09. The average molecular weight is 713 g/mol. The second-order valence-corrected chi connectivity index (χ2v) is 13.8. The first kappa shape index (κ1) is 33.8. The monoisotopic (exact) mass is 712 g/mol. The summed E-state index contributed by atoms with van der Waals surface area (Å²) in [6.07, 6.45) is 3.53. The molecule has 0 aliphatic carbocycles. The molecule has 45 heavy (non-hydrogen) atoms. The van der Waals surface area contributed by atoms with Crippen molar-refractivity contribution >= 4 is 87.1 Å². The number of para-hydroxylation sites is 1. The average Bonchev–Trinajstić information content (AvgIpc) is 3.59. The molecule has 1 aliphatic rings. The minimum atomic E-state index is -5.12. The van der Waals surface area contributed by atoms with Crippen LogP contribution in [0.4, 0.5) is 5.69 Å². The van der Waals surface area contributed by atoms with Crippen molar-refractivity contribution in [2.24, 2.45) is 0 Å². The van der Waals surface area contributed by atoms with Gasteiger partial charge < -0.3 is 18.3 Å². The topological polar surface area (TPSA) is 144 Å². The maximum Gasteiger partial charge on any atom is 1.00 e. The molecule has 5 aromatic rings. The minimum absolute atomic E-state index is 0. The van der Waals surface area contributed by atoms with Crippen molar-refractivity contribution in [1.82, 2.24) is 0 Å². The van der Waals surface area contributed by atoms with Gasteiger partial charge in [-0.25, -0.2) is 16.8 Å². The smallest absolute Gasteiger partial charge is 0.743 e. The van der Waals surface area contributed by atoms with Gasteiger partial charge in [0.25, 0.3) is 5.01 Å². The number of halogens is 1. The summed E-state index contributed by atoms with van der Waals surface area (Å²) in [5.41, 5.74) is 6.80. The van der Waals surface area contributed by atoms with E-state index in [0.717, 1.165) is 10.3 Å². The van der Waals surface area contributed by atoms with E-state index in [-0.39, 0.29) is 73.0 Å². The Morgan fingerprint density at radius 1 is 1.11 bits per heavy atom.